The number of rotatable bonds is 4. The third kappa shape index (κ3) is 4.23. The Bertz CT molecular complexity index is 2960. The van der Waals surface area contributed by atoms with Crippen LogP contribution in [-0.2, 0) is 10.8 Å². The summed E-state index contributed by atoms with van der Waals surface area (Å²) in [6, 6.07) is 63.3. The van der Waals surface area contributed by atoms with Gasteiger partial charge in [-0.15, -0.1) is 0 Å². The molecule has 9 aromatic rings. The van der Waals surface area contributed by atoms with Crippen molar-refractivity contribution in [1.82, 2.24) is 4.57 Å². The zero-order chi connectivity index (χ0) is 36.3. The molecule has 0 unspecified atom stereocenters. The van der Waals surface area contributed by atoms with Crippen LogP contribution in [0.4, 0.5) is 17.1 Å². The van der Waals surface area contributed by atoms with Crippen LogP contribution in [0.2, 0.25) is 0 Å². The molecule has 258 valence electrons. The molecule has 0 N–H and O–H groups in total. The molecule has 0 atom stereocenters. The number of anilines is 3. The summed E-state index contributed by atoms with van der Waals surface area (Å²) in [6.45, 7) is 9.44. The molecular formula is C52H40N2. The molecule has 2 heteroatoms. The second-order valence-corrected chi connectivity index (χ2v) is 16.2. The van der Waals surface area contributed by atoms with Gasteiger partial charge in [-0.1, -0.05) is 143 Å². The van der Waals surface area contributed by atoms with Crippen LogP contribution in [0, 0.1) is 0 Å². The van der Waals surface area contributed by atoms with E-state index in [0.29, 0.717) is 0 Å². The summed E-state index contributed by atoms with van der Waals surface area (Å²) in [5.41, 5.74) is 17.8. The van der Waals surface area contributed by atoms with Gasteiger partial charge in [0.05, 0.1) is 16.7 Å². The molecular weight excluding hydrogens is 653 g/mol. The third-order valence-corrected chi connectivity index (χ3v) is 12.6. The van der Waals surface area contributed by atoms with Gasteiger partial charge in [-0.25, -0.2) is 0 Å². The second kappa shape index (κ2) is 11.1. The summed E-state index contributed by atoms with van der Waals surface area (Å²) in [7, 11) is 0. The molecule has 1 heterocycles. The normalized spacial score (nSPS) is 14.6. The van der Waals surface area contributed by atoms with Gasteiger partial charge in [-0.2, -0.15) is 0 Å². The fourth-order valence-electron chi connectivity index (χ4n) is 9.90. The molecule has 0 fully saturated rings. The Labute approximate surface area is 316 Å². The van der Waals surface area contributed by atoms with Crippen molar-refractivity contribution in [3.8, 4) is 27.9 Å². The summed E-state index contributed by atoms with van der Waals surface area (Å²) in [4.78, 5) is 2.51. The fraction of sp³-hybridized carbons (Fsp3) is 0.115. The van der Waals surface area contributed by atoms with E-state index in [1.165, 1.54) is 88.5 Å². The number of fused-ring (bicyclic) bond motifs is 10. The van der Waals surface area contributed by atoms with Crippen LogP contribution in [0.3, 0.4) is 0 Å². The Hall–Kier alpha value is -6.38. The van der Waals surface area contributed by atoms with Gasteiger partial charge in [0, 0.05) is 44.2 Å². The smallest absolute Gasteiger partial charge is 0.0543 e. The zero-order valence-corrected chi connectivity index (χ0v) is 31.1. The van der Waals surface area contributed by atoms with Crippen molar-refractivity contribution in [2.45, 2.75) is 38.5 Å². The number of nitrogens with zero attached hydrogens (tertiary/aromatic N) is 2. The first-order valence-corrected chi connectivity index (χ1v) is 19.1. The van der Waals surface area contributed by atoms with Crippen LogP contribution in [0.25, 0.3) is 60.5 Å². The van der Waals surface area contributed by atoms with Gasteiger partial charge < -0.3 is 9.47 Å². The van der Waals surface area contributed by atoms with Crippen LogP contribution in [-0.4, -0.2) is 4.57 Å². The lowest BCUT2D eigenvalue weighted by Crippen LogP contribution is -2.16. The maximum absolute atomic E-state index is 2.51. The van der Waals surface area contributed by atoms with Crippen LogP contribution < -0.4 is 4.90 Å². The molecule has 0 amide bonds. The van der Waals surface area contributed by atoms with E-state index in [1.807, 2.05) is 0 Å². The minimum atomic E-state index is -0.0961. The van der Waals surface area contributed by atoms with E-state index < -0.39 is 0 Å². The number of hydrogen-bond acceptors (Lipinski definition) is 1. The second-order valence-electron chi connectivity index (χ2n) is 16.2. The summed E-state index contributed by atoms with van der Waals surface area (Å²) in [5, 5.41) is 4.98. The molecule has 2 aliphatic rings. The average molecular weight is 693 g/mol. The summed E-state index contributed by atoms with van der Waals surface area (Å²) in [5.74, 6) is 0. The number of hydrogen-bond donors (Lipinski definition) is 0. The van der Waals surface area contributed by atoms with Crippen molar-refractivity contribution in [2.24, 2.45) is 0 Å². The van der Waals surface area contributed by atoms with Crippen LogP contribution in [0.15, 0.2) is 170 Å². The highest BCUT2D eigenvalue weighted by Crippen LogP contribution is 2.55. The maximum Gasteiger partial charge on any atom is 0.0543 e. The maximum atomic E-state index is 2.51. The summed E-state index contributed by atoms with van der Waals surface area (Å²) < 4.78 is 2.40. The van der Waals surface area contributed by atoms with Crippen molar-refractivity contribution in [1.29, 1.82) is 0 Å². The van der Waals surface area contributed by atoms with Gasteiger partial charge in [0.25, 0.3) is 0 Å². The summed E-state index contributed by atoms with van der Waals surface area (Å²) >= 11 is 0. The molecule has 8 aromatic carbocycles. The van der Waals surface area contributed by atoms with Crippen LogP contribution in [0.1, 0.15) is 49.9 Å². The Kier molecular flexibility index (Phi) is 6.39. The molecule has 0 saturated carbocycles. The summed E-state index contributed by atoms with van der Waals surface area (Å²) in [6.07, 6.45) is 0. The van der Waals surface area contributed by atoms with Gasteiger partial charge in [0.15, 0.2) is 0 Å². The zero-order valence-electron chi connectivity index (χ0n) is 31.1. The van der Waals surface area contributed by atoms with Gasteiger partial charge in [-0.3, -0.25) is 0 Å². The lowest BCUT2D eigenvalue weighted by atomic mass is 9.82. The lowest BCUT2D eigenvalue weighted by molar-refractivity contribution is 0.660. The molecule has 2 nitrogen and oxygen atoms in total. The monoisotopic (exact) mass is 692 g/mol. The van der Waals surface area contributed by atoms with Gasteiger partial charge >= 0.3 is 0 Å². The Morgan fingerprint density at radius 3 is 1.70 bits per heavy atom. The standard InChI is InChI=1S/C52H40N2/c1-51(2)43-18-9-5-14-38(43)42-32-37(28-29-45(42)51)53(49-23-13-20-46-50(49)41-17-6-10-19-44(41)52(46,3)4)35-26-24-34-31-36(27-25-33(34)30-35)54-47-21-11-7-15-39(47)40-16-8-12-22-48(40)54/h5-32H,1-4H3. The predicted molar refractivity (Wildman–Crippen MR) is 228 cm³/mol. The molecule has 0 aliphatic heterocycles. The van der Waals surface area contributed by atoms with Crippen molar-refractivity contribution >= 4 is 49.6 Å². The largest absolute Gasteiger partial charge is 0.310 e. The Morgan fingerprint density at radius 1 is 0.407 bits per heavy atom. The minimum Gasteiger partial charge on any atom is -0.310 e. The van der Waals surface area contributed by atoms with E-state index >= 15 is 0 Å². The van der Waals surface area contributed by atoms with Gasteiger partial charge in [0.1, 0.15) is 0 Å². The first-order valence-electron chi connectivity index (χ1n) is 19.1. The minimum absolute atomic E-state index is 0.0523. The first kappa shape index (κ1) is 31.2. The van der Waals surface area contributed by atoms with Crippen molar-refractivity contribution in [2.75, 3.05) is 4.90 Å². The van der Waals surface area contributed by atoms with Crippen molar-refractivity contribution < 1.29 is 0 Å². The van der Waals surface area contributed by atoms with E-state index in [-0.39, 0.29) is 10.8 Å². The fourth-order valence-corrected chi connectivity index (χ4v) is 9.90. The molecule has 54 heavy (non-hydrogen) atoms. The third-order valence-electron chi connectivity index (χ3n) is 12.6. The number of para-hydroxylation sites is 2. The Morgan fingerprint density at radius 2 is 0.944 bits per heavy atom. The van der Waals surface area contributed by atoms with Crippen molar-refractivity contribution in [3.05, 3.63) is 192 Å². The van der Waals surface area contributed by atoms with Crippen molar-refractivity contribution in [3.63, 3.8) is 0 Å². The van der Waals surface area contributed by atoms with Gasteiger partial charge in [0.2, 0.25) is 0 Å². The van der Waals surface area contributed by atoms with E-state index in [1.54, 1.807) is 0 Å². The highest BCUT2D eigenvalue weighted by atomic mass is 15.1. The molecule has 11 rings (SSSR count). The van der Waals surface area contributed by atoms with E-state index in [2.05, 4.69) is 207 Å². The van der Waals surface area contributed by atoms with E-state index in [0.717, 1.165) is 11.4 Å². The predicted octanol–water partition coefficient (Wildman–Crippen LogP) is 14.0. The van der Waals surface area contributed by atoms with E-state index in [9.17, 15) is 0 Å². The molecule has 0 spiro atoms. The number of aromatic nitrogens is 1. The Balaban J connectivity index is 1.12. The quantitative estimate of drug-likeness (QED) is 0.178. The van der Waals surface area contributed by atoms with Crippen LogP contribution in [0.5, 0.6) is 0 Å². The number of benzene rings is 8. The van der Waals surface area contributed by atoms with Gasteiger partial charge in [-0.05, 0) is 104 Å². The molecule has 0 saturated heterocycles. The average Bonchev–Trinajstić information content (AvgIpc) is 3.75. The van der Waals surface area contributed by atoms with Crippen LogP contribution >= 0.6 is 0 Å². The molecule has 1 aromatic heterocycles. The topological polar surface area (TPSA) is 8.17 Å². The first-order chi connectivity index (χ1) is 26.3. The van der Waals surface area contributed by atoms with E-state index in [4.69, 9.17) is 0 Å². The molecule has 0 radical (unpaired) electrons. The lowest BCUT2D eigenvalue weighted by Gasteiger charge is -2.30. The molecule has 0 bridgehead atoms. The highest BCUT2D eigenvalue weighted by molar-refractivity contribution is 6.09. The highest BCUT2D eigenvalue weighted by Gasteiger charge is 2.39. The SMILES string of the molecule is CC1(C)c2ccccc2-c2cc(N(c3ccc4cc(-n5c6ccccc6c6ccccc65)ccc4c3)c3cccc4c3-c3ccccc3C4(C)C)ccc21. The molecule has 2 aliphatic carbocycles.